The normalized spacial score (nSPS) is 11.3. The first-order valence-corrected chi connectivity index (χ1v) is 11.2. The summed E-state index contributed by atoms with van der Waals surface area (Å²) in [6.07, 6.45) is 0.00186. The molecule has 0 aliphatic heterocycles. The molecule has 0 bridgehead atoms. The van der Waals surface area contributed by atoms with E-state index < -0.39 is 16.7 Å². The second-order valence-electron chi connectivity index (χ2n) is 6.19. The van der Waals surface area contributed by atoms with E-state index in [-0.39, 0.29) is 33.8 Å². The number of carbonyl (C=O) groups is 2. The number of fused-ring (bicyclic) bond motifs is 1. The Kier molecular flexibility index (Phi) is 5.22. The predicted octanol–water partition coefficient (Wildman–Crippen LogP) is 6.77. The van der Waals surface area contributed by atoms with E-state index in [1.165, 1.54) is 30.4 Å². The summed E-state index contributed by atoms with van der Waals surface area (Å²) in [5, 5.41) is 3.03. The van der Waals surface area contributed by atoms with Crippen molar-refractivity contribution in [1.82, 2.24) is 0 Å². The zero-order chi connectivity index (χ0) is 20.0. The van der Waals surface area contributed by atoms with Gasteiger partial charge in [-0.2, -0.15) is 0 Å². The lowest BCUT2D eigenvalue weighted by Gasteiger charge is -2.07. The Hall–Kier alpha value is -1.87. The Balaban J connectivity index is 1.73. The van der Waals surface area contributed by atoms with E-state index in [1.54, 1.807) is 16.7 Å². The maximum Gasteiger partial charge on any atom is 0.218 e. The van der Waals surface area contributed by atoms with Gasteiger partial charge in [0.1, 0.15) is 0 Å². The largest absolute Gasteiger partial charge is 0.293 e. The molecule has 2 nitrogen and oxygen atoms in total. The maximum absolute atomic E-state index is 14.4. The summed E-state index contributed by atoms with van der Waals surface area (Å²) in [7, 11) is 0. The van der Waals surface area contributed by atoms with Gasteiger partial charge in [-0.05, 0) is 40.9 Å². The number of carbonyl (C=O) groups excluding carboxylic acids is 2. The van der Waals surface area contributed by atoms with Crippen LogP contribution in [0, 0.1) is 18.6 Å². The minimum Gasteiger partial charge on any atom is -0.293 e. The summed E-state index contributed by atoms with van der Waals surface area (Å²) in [5.41, 5.74) is 0.815. The number of ketones is 1. The topological polar surface area (TPSA) is 34.1 Å². The molecule has 0 fully saturated rings. The molecule has 0 aliphatic carbocycles. The molecule has 0 aliphatic rings. The fraction of sp³-hybridized carbons (Fsp3) is 0.100. The Morgan fingerprint density at radius 2 is 1.86 bits per heavy atom. The van der Waals surface area contributed by atoms with Gasteiger partial charge in [0.2, 0.25) is 5.12 Å². The number of benzene rings is 1. The third-order valence-corrected chi connectivity index (χ3v) is 7.79. The van der Waals surface area contributed by atoms with Crippen LogP contribution in [0.15, 0.2) is 35.0 Å². The molecule has 8 heteroatoms. The van der Waals surface area contributed by atoms with Crippen LogP contribution in [-0.4, -0.2) is 10.9 Å². The number of thiol groups is 1. The highest BCUT2D eigenvalue weighted by atomic mass is 32.1. The molecule has 28 heavy (non-hydrogen) atoms. The maximum atomic E-state index is 14.4. The molecular formula is C20H12F2O2S4. The van der Waals surface area contributed by atoms with E-state index in [1.807, 2.05) is 17.5 Å². The number of hydrogen-bond acceptors (Lipinski definition) is 5. The first-order valence-electron chi connectivity index (χ1n) is 8.15. The molecule has 0 unspecified atom stereocenters. The molecule has 0 atom stereocenters. The molecule has 0 amide bonds. The van der Waals surface area contributed by atoms with Crippen molar-refractivity contribution >= 4 is 66.9 Å². The summed E-state index contributed by atoms with van der Waals surface area (Å²) in [6, 6.07) is 6.71. The SMILES string of the molecule is Cc1ccc(-c2scc(CC(=O)c3cc4sccc4s3)c2C(=O)S)c(F)c1F. The van der Waals surface area contributed by atoms with E-state index in [0.717, 1.165) is 20.7 Å². The van der Waals surface area contributed by atoms with Crippen LogP contribution < -0.4 is 0 Å². The molecule has 142 valence electrons. The molecule has 0 N–H and O–H groups in total. The molecule has 4 aromatic rings. The Bertz CT molecular complexity index is 1200. The smallest absolute Gasteiger partial charge is 0.218 e. The number of Topliss-reactive ketones (excluding diaryl/α,β-unsaturated/α-hetero) is 1. The van der Waals surface area contributed by atoms with E-state index in [9.17, 15) is 18.4 Å². The minimum absolute atomic E-state index is 0.000774. The fourth-order valence-corrected chi connectivity index (χ4v) is 6.41. The van der Waals surface area contributed by atoms with Crippen LogP contribution in [0.5, 0.6) is 0 Å². The van der Waals surface area contributed by atoms with Crippen molar-refractivity contribution in [3.63, 3.8) is 0 Å². The number of hydrogen-bond donors (Lipinski definition) is 1. The second kappa shape index (κ2) is 7.51. The van der Waals surface area contributed by atoms with Crippen LogP contribution in [0.1, 0.15) is 31.2 Å². The van der Waals surface area contributed by atoms with Crippen molar-refractivity contribution in [1.29, 1.82) is 0 Å². The van der Waals surface area contributed by atoms with Gasteiger partial charge in [0.15, 0.2) is 17.4 Å². The Labute approximate surface area is 176 Å². The van der Waals surface area contributed by atoms with Gasteiger partial charge in [0.25, 0.3) is 0 Å². The first kappa shape index (κ1) is 19.4. The zero-order valence-corrected chi connectivity index (χ0v) is 17.8. The lowest BCUT2D eigenvalue weighted by atomic mass is 10.0. The summed E-state index contributed by atoms with van der Waals surface area (Å²) >= 11 is 7.98. The van der Waals surface area contributed by atoms with Gasteiger partial charge in [-0.3, -0.25) is 9.59 Å². The van der Waals surface area contributed by atoms with Gasteiger partial charge >= 0.3 is 0 Å². The van der Waals surface area contributed by atoms with Crippen molar-refractivity contribution in [3.05, 3.63) is 68.2 Å². The Morgan fingerprint density at radius 3 is 2.57 bits per heavy atom. The zero-order valence-electron chi connectivity index (χ0n) is 14.4. The van der Waals surface area contributed by atoms with Gasteiger partial charge in [-0.1, -0.05) is 12.1 Å². The lowest BCUT2D eigenvalue weighted by Crippen LogP contribution is -2.05. The van der Waals surface area contributed by atoms with Gasteiger partial charge in [0, 0.05) is 26.3 Å². The average Bonchev–Trinajstić information content (AvgIpc) is 3.34. The second-order valence-corrected chi connectivity index (χ2v) is 9.51. The van der Waals surface area contributed by atoms with Crippen molar-refractivity contribution in [2.45, 2.75) is 13.3 Å². The molecule has 4 rings (SSSR count). The summed E-state index contributed by atoms with van der Waals surface area (Å²) < 4.78 is 30.5. The van der Waals surface area contributed by atoms with Crippen LogP contribution in [0.2, 0.25) is 0 Å². The van der Waals surface area contributed by atoms with E-state index in [4.69, 9.17) is 0 Å². The van der Waals surface area contributed by atoms with Crippen LogP contribution >= 0.6 is 46.6 Å². The van der Waals surface area contributed by atoms with Crippen LogP contribution in [0.3, 0.4) is 0 Å². The Morgan fingerprint density at radius 1 is 1.07 bits per heavy atom. The van der Waals surface area contributed by atoms with Crippen LogP contribution in [-0.2, 0) is 6.42 Å². The molecule has 1 aromatic carbocycles. The lowest BCUT2D eigenvalue weighted by molar-refractivity contribution is 0.0997. The average molecular weight is 451 g/mol. The van der Waals surface area contributed by atoms with Crippen molar-refractivity contribution in [2.75, 3.05) is 0 Å². The number of aryl methyl sites for hydroxylation is 1. The van der Waals surface area contributed by atoms with Crippen molar-refractivity contribution < 1.29 is 18.4 Å². The fourth-order valence-electron chi connectivity index (χ4n) is 2.94. The van der Waals surface area contributed by atoms with E-state index >= 15 is 0 Å². The minimum atomic E-state index is -1.01. The van der Waals surface area contributed by atoms with Crippen LogP contribution in [0.4, 0.5) is 8.78 Å². The third kappa shape index (κ3) is 3.34. The number of thiophene rings is 3. The molecule has 3 aromatic heterocycles. The van der Waals surface area contributed by atoms with Gasteiger partial charge < -0.3 is 0 Å². The van der Waals surface area contributed by atoms with E-state index in [0.29, 0.717) is 10.4 Å². The standard InChI is InChI=1S/C20H12F2O2S4/c1-9-2-3-11(18(22)17(9)21)19-16(20(24)25)10(8-27-19)6-12(23)14-7-15-13(28-14)4-5-26-15/h2-5,7-8H,6H2,1H3,(H,24,25). The summed E-state index contributed by atoms with van der Waals surface area (Å²) in [4.78, 5) is 25.8. The number of halogens is 2. The van der Waals surface area contributed by atoms with Crippen molar-refractivity contribution in [2.24, 2.45) is 0 Å². The molecule has 0 spiro atoms. The summed E-state index contributed by atoms with van der Waals surface area (Å²) in [5.74, 6) is -2.07. The molecule has 3 heterocycles. The van der Waals surface area contributed by atoms with Crippen LogP contribution in [0.25, 0.3) is 19.8 Å². The highest BCUT2D eigenvalue weighted by Crippen LogP contribution is 2.38. The highest BCUT2D eigenvalue weighted by molar-refractivity contribution is 7.97. The van der Waals surface area contributed by atoms with Crippen molar-refractivity contribution in [3.8, 4) is 10.4 Å². The van der Waals surface area contributed by atoms with Gasteiger partial charge in [-0.25, -0.2) is 8.78 Å². The molecule has 0 radical (unpaired) electrons. The molecule has 0 saturated heterocycles. The number of rotatable bonds is 5. The predicted molar refractivity (Wildman–Crippen MR) is 115 cm³/mol. The van der Waals surface area contributed by atoms with E-state index in [2.05, 4.69) is 12.6 Å². The monoisotopic (exact) mass is 450 g/mol. The van der Waals surface area contributed by atoms with Gasteiger partial charge in [-0.15, -0.1) is 46.6 Å². The quantitative estimate of drug-likeness (QED) is 0.269. The summed E-state index contributed by atoms with van der Waals surface area (Å²) in [6.45, 7) is 1.47. The third-order valence-electron chi connectivity index (χ3n) is 4.37. The molecule has 0 saturated carbocycles. The van der Waals surface area contributed by atoms with Gasteiger partial charge in [0.05, 0.1) is 10.4 Å². The highest BCUT2D eigenvalue weighted by Gasteiger charge is 2.24. The first-order chi connectivity index (χ1) is 13.4. The molecular weight excluding hydrogens is 438 g/mol.